The predicted molar refractivity (Wildman–Crippen MR) is 94.2 cm³/mol. The van der Waals surface area contributed by atoms with E-state index < -0.39 is 5.97 Å². The molecule has 0 saturated heterocycles. The lowest BCUT2D eigenvalue weighted by Gasteiger charge is -2.11. The van der Waals surface area contributed by atoms with Gasteiger partial charge in [0, 0.05) is 5.92 Å². The summed E-state index contributed by atoms with van der Waals surface area (Å²) < 4.78 is 5.23. The number of ether oxygens (including phenoxy) is 1. The van der Waals surface area contributed by atoms with Crippen LogP contribution in [0.3, 0.4) is 0 Å². The number of carbonyl (C=O) groups excluding carboxylic acids is 1. The zero-order valence-corrected chi connectivity index (χ0v) is 15.1. The molecule has 0 bridgehead atoms. The molecule has 3 rings (SSSR count). The molecule has 3 atom stereocenters. The Hall–Kier alpha value is -2.41. The lowest BCUT2D eigenvalue weighted by molar-refractivity contribution is -0.123. The van der Waals surface area contributed by atoms with Crippen molar-refractivity contribution in [3.05, 3.63) is 45.4 Å². The highest BCUT2D eigenvalue weighted by Gasteiger charge is 2.44. The first kappa shape index (κ1) is 17.4. The van der Waals surface area contributed by atoms with Crippen LogP contribution >= 0.6 is 11.3 Å². The Morgan fingerprint density at radius 3 is 2.84 bits per heavy atom. The fourth-order valence-corrected chi connectivity index (χ4v) is 3.82. The van der Waals surface area contributed by atoms with Crippen LogP contribution in [0.5, 0.6) is 5.75 Å². The van der Waals surface area contributed by atoms with Crippen molar-refractivity contribution in [2.45, 2.75) is 32.2 Å². The lowest BCUT2D eigenvalue weighted by Crippen LogP contribution is -2.28. The van der Waals surface area contributed by atoms with Gasteiger partial charge in [-0.05, 0) is 43.9 Å². The van der Waals surface area contributed by atoms with E-state index in [2.05, 4.69) is 10.3 Å². The molecule has 3 unspecified atom stereocenters. The Morgan fingerprint density at radius 2 is 2.20 bits per heavy atom. The van der Waals surface area contributed by atoms with E-state index in [1.165, 1.54) is 0 Å². The number of methoxy groups -OCH3 is 1. The highest BCUT2D eigenvalue weighted by atomic mass is 32.1. The summed E-state index contributed by atoms with van der Waals surface area (Å²) in [5.41, 5.74) is 1.58. The van der Waals surface area contributed by atoms with E-state index in [-0.39, 0.29) is 28.7 Å². The molecule has 1 aliphatic rings. The number of carboxylic acids is 1. The van der Waals surface area contributed by atoms with Gasteiger partial charge < -0.3 is 15.2 Å². The first-order chi connectivity index (χ1) is 11.9. The summed E-state index contributed by atoms with van der Waals surface area (Å²) >= 11 is 1.11. The minimum absolute atomic E-state index is 0.0231. The molecule has 0 radical (unpaired) electrons. The van der Waals surface area contributed by atoms with Crippen molar-refractivity contribution < 1.29 is 19.4 Å². The molecule has 1 fully saturated rings. The molecule has 132 valence electrons. The number of hydrogen-bond donors (Lipinski definition) is 2. The maximum Gasteiger partial charge on any atom is 0.347 e. The second-order valence-electron chi connectivity index (χ2n) is 6.23. The van der Waals surface area contributed by atoms with Crippen LogP contribution in [0.2, 0.25) is 0 Å². The number of nitrogens with zero attached hydrogens (tertiary/aromatic N) is 1. The normalized spacial score (nSPS) is 20.0. The topological polar surface area (TPSA) is 88.5 Å². The number of aromatic nitrogens is 1. The Kier molecular flexibility index (Phi) is 4.76. The molecule has 1 aromatic carbocycles. The molecule has 1 amide bonds. The van der Waals surface area contributed by atoms with Gasteiger partial charge in [-0.3, -0.25) is 4.79 Å². The number of aryl methyl sites for hydroxylation is 1. The van der Waals surface area contributed by atoms with Crippen molar-refractivity contribution in [1.82, 2.24) is 10.3 Å². The lowest BCUT2D eigenvalue weighted by atomic mass is 10.1. The smallest absolute Gasteiger partial charge is 0.347 e. The summed E-state index contributed by atoms with van der Waals surface area (Å²) in [7, 11) is 1.62. The minimum atomic E-state index is -0.986. The molecule has 2 N–H and O–H groups in total. The van der Waals surface area contributed by atoms with Crippen molar-refractivity contribution in [3.63, 3.8) is 0 Å². The standard InChI is InChI=1S/C18H20N2O4S/c1-9-15(18(22)23)25-17(20-9)10(2)19-16(21)14-8-13(14)11-5-4-6-12(7-11)24-3/h4-7,10,13-14H,8H2,1-3H3,(H,19,21)(H,22,23). The molecular weight excluding hydrogens is 340 g/mol. The Bertz CT molecular complexity index is 817. The van der Waals surface area contributed by atoms with E-state index in [9.17, 15) is 9.59 Å². The zero-order valence-electron chi connectivity index (χ0n) is 14.3. The first-order valence-corrected chi connectivity index (χ1v) is 8.87. The highest BCUT2D eigenvalue weighted by Crippen LogP contribution is 2.48. The minimum Gasteiger partial charge on any atom is -0.497 e. The van der Waals surface area contributed by atoms with Crippen LogP contribution in [0, 0.1) is 12.8 Å². The van der Waals surface area contributed by atoms with Crippen molar-refractivity contribution in [1.29, 1.82) is 0 Å². The Labute approximate surface area is 149 Å². The van der Waals surface area contributed by atoms with E-state index in [0.717, 1.165) is 29.1 Å². The van der Waals surface area contributed by atoms with Crippen molar-refractivity contribution in [2.75, 3.05) is 7.11 Å². The van der Waals surface area contributed by atoms with Crippen LogP contribution in [-0.4, -0.2) is 29.1 Å². The fraction of sp³-hybridized carbons (Fsp3) is 0.389. The number of carboxylic acid groups (broad SMARTS) is 1. The molecule has 25 heavy (non-hydrogen) atoms. The van der Waals surface area contributed by atoms with Gasteiger partial charge in [0.1, 0.15) is 15.6 Å². The number of rotatable bonds is 6. The number of hydrogen-bond acceptors (Lipinski definition) is 5. The second-order valence-corrected chi connectivity index (χ2v) is 7.26. The van der Waals surface area contributed by atoms with E-state index in [1.54, 1.807) is 14.0 Å². The molecule has 7 heteroatoms. The van der Waals surface area contributed by atoms with Gasteiger partial charge in [-0.25, -0.2) is 9.78 Å². The van der Waals surface area contributed by atoms with Gasteiger partial charge in [0.15, 0.2) is 0 Å². The zero-order chi connectivity index (χ0) is 18.1. The maximum absolute atomic E-state index is 12.5. The van der Waals surface area contributed by atoms with Gasteiger partial charge in [0.25, 0.3) is 0 Å². The van der Waals surface area contributed by atoms with Gasteiger partial charge >= 0.3 is 5.97 Å². The van der Waals surface area contributed by atoms with E-state index in [1.807, 2.05) is 31.2 Å². The van der Waals surface area contributed by atoms with Crippen molar-refractivity contribution in [3.8, 4) is 5.75 Å². The van der Waals surface area contributed by atoms with E-state index in [4.69, 9.17) is 9.84 Å². The van der Waals surface area contributed by atoms with E-state index in [0.29, 0.717) is 10.7 Å². The third kappa shape index (κ3) is 3.66. The third-order valence-corrected chi connectivity index (χ3v) is 5.71. The number of aromatic carboxylic acids is 1. The summed E-state index contributed by atoms with van der Waals surface area (Å²) in [4.78, 5) is 28.1. The predicted octanol–water partition coefficient (Wildman–Crippen LogP) is 3.14. The summed E-state index contributed by atoms with van der Waals surface area (Å²) in [5.74, 6) is -0.0778. The van der Waals surface area contributed by atoms with Crippen LogP contribution < -0.4 is 10.1 Å². The van der Waals surface area contributed by atoms with Crippen LogP contribution in [0.15, 0.2) is 24.3 Å². The SMILES string of the molecule is COc1cccc(C2CC2C(=O)NC(C)c2nc(C)c(C(=O)O)s2)c1. The molecule has 2 aromatic rings. The van der Waals surface area contributed by atoms with Crippen LogP contribution in [-0.2, 0) is 4.79 Å². The molecule has 0 spiro atoms. The number of thiazole rings is 1. The maximum atomic E-state index is 12.5. The van der Waals surface area contributed by atoms with Gasteiger partial charge in [-0.2, -0.15) is 0 Å². The highest BCUT2D eigenvalue weighted by molar-refractivity contribution is 7.13. The molecule has 1 aliphatic carbocycles. The number of benzene rings is 1. The van der Waals surface area contributed by atoms with E-state index >= 15 is 0 Å². The number of nitrogens with one attached hydrogen (secondary N) is 1. The number of carbonyl (C=O) groups is 2. The van der Waals surface area contributed by atoms with Crippen molar-refractivity contribution >= 4 is 23.2 Å². The average molecular weight is 360 g/mol. The van der Waals surface area contributed by atoms with Crippen LogP contribution in [0.4, 0.5) is 0 Å². The third-order valence-electron chi connectivity index (χ3n) is 4.39. The summed E-state index contributed by atoms with van der Waals surface area (Å²) in [6, 6.07) is 7.47. The average Bonchev–Trinajstić information content (AvgIpc) is 3.30. The molecule has 1 saturated carbocycles. The summed E-state index contributed by atoms with van der Waals surface area (Å²) in [5, 5.41) is 12.7. The molecule has 0 aliphatic heterocycles. The summed E-state index contributed by atoms with van der Waals surface area (Å²) in [6.07, 6.45) is 0.809. The molecule has 6 nitrogen and oxygen atoms in total. The monoisotopic (exact) mass is 360 g/mol. The molecule has 1 heterocycles. The van der Waals surface area contributed by atoms with Crippen LogP contribution in [0.1, 0.15) is 51.2 Å². The van der Waals surface area contributed by atoms with Gasteiger partial charge in [-0.1, -0.05) is 12.1 Å². The van der Waals surface area contributed by atoms with Gasteiger partial charge in [0.2, 0.25) is 5.91 Å². The molecule has 1 aromatic heterocycles. The van der Waals surface area contributed by atoms with Gasteiger partial charge in [0.05, 0.1) is 18.8 Å². The fourth-order valence-electron chi connectivity index (χ4n) is 2.91. The quantitative estimate of drug-likeness (QED) is 0.826. The number of amides is 1. The first-order valence-electron chi connectivity index (χ1n) is 8.05. The van der Waals surface area contributed by atoms with Crippen molar-refractivity contribution in [2.24, 2.45) is 5.92 Å². The molecular formula is C18H20N2O4S. The Morgan fingerprint density at radius 1 is 1.44 bits per heavy atom. The summed E-state index contributed by atoms with van der Waals surface area (Å²) in [6.45, 7) is 3.49. The second kappa shape index (κ2) is 6.84. The van der Waals surface area contributed by atoms with Gasteiger partial charge in [-0.15, -0.1) is 11.3 Å². The Balaban J connectivity index is 1.63. The largest absolute Gasteiger partial charge is 0.497 e. The van der Waals surface area contributed by atoms with Crippen LogP contribution in [0.25, 0.3) is 0 Å².